The zero-order valence-electron chi connectivity index (χ0n) is 16.5. The molecule has 4 aromatic rings. The van der Waals surface area contributed by atoms with Crippen molar-refractivity contribution in [3.8, 4) is 16.4 Å². The van der Waals surface area contributed by atoms with Gasteiger partial charge in [-0.1, -0.05) is 12.1 Å². The molecule has 2 N–H and O–H groups in total. The van der Waals surface area contributed by atoms with Crippen LogP contribution in [0.25, 0.3) is 16.4 Å². The molecule has 9 heteroatoms. The summed E-state index contributed by atoms with van der Waals surface area (Å²) in [6, 6.07) is 11.8. The number of aromatic nitrogens is 3. The third-order valence-electron chi connectivity index (χ3n) is 4.77. The van der Waals surface area contributed by atoms with Crippen LogP contribution in [0.4, 0.5) is 14.5 Å². The highest BCUT2D eigenvalue weighted by Crippen LogP contribution is 2.24. The summed E-state index contributed by atoms with van der Waals surface area (Å²) in [5, 5.41) is 7.72. The van der Waals surface area contributed by atoms with Crippen LogP contribution in [0.3, 0.4) is 0 Å². The first-order valence-electron chi connectivity index (χ1n) is 9.49. The van der Waals surface area contributed by atoms with Gasteiger partial charge < -0.3 is 5.32 Å². The van der Waals surface area contributed by atoms with Gasteiger partial charge in [0.05, 0.1) is 11.4 Å². The average molecular weight is 440 g/mol. The normalized spacial score (nSPS) is 10.9. The Labute approximate surface area is 180 Å². The number of halogens is 2. The number of para-hydroxylation sites is 1. The van der Waals surface area contributed by atoms with Crippen molar-refractivity contribution in [1.29, 1.82) is 0 Å². The van der Waals surface area contributed by atoms with Gasteiger partial charge >= 0.3 is 0 Å². The Balaban J connectivity index is 1.49. The van der Waals surface area contributed by atoms with E-state index in [0.717, 1.165) is 5.56 Å². The summed E-state index contributed by atoms with van der Waals surface area (Å²) in [4.78, 5) is 29.5. The van der Waals surface area contributed by atoms with Gasteiger partial charge in [-0.15, -0.1) is 11.3 Å². The number of amides is 1. The smallest absolute Gasteiger partial charge is 0.276 e. The van der Waals surface area contributed by atoms with Gasteiger partial charge in [0.15, 0.2) is 0 Å². The van der Waals surface area contributed by atoms with Gasteiger partial charge in [0.2, 0.25) is 11.0 Å². The molecular formula is C22H18F2N4O2S. The fourth-order valence-corrected chi connectivity index (χ4v) is 3.94. The number of carbonyl (C=O) groups excluding carboxylic acids is 1. The lowest BCUT2D eigenvalue weighted by Crippen LogP contribution is -2.19. The molecule has 0 radical (unpaired) electrons. The van der Waals surface area contributed by atoms with Crippen LogP contribution in [0.2, 0.25) is 0 Å². The third kappa shape index (κ3) is 4.46. The van der Waals surface area contributed by atoms with Crippen molar-refractivity contribution in [2.45, 2.75) is 19.8 Å². The number of hydrogen-bond acceptors (Lipinski definition) is 4. The molecule has 0 fully saturated rings. The number of carbonyl (C=O) groups is 1. The quantitative estimate of drug-likeness (QED) is 0.465. The zero-order valence-corrected chi connectivity index (χ0v) is 17.3. The number of thiazole rings is 1. The molecule has 31 heavy (non-hydrogen) atoms. The Hall–Kier alpha value is -3.59. The van der Waals surface area contributed by atoms with Crippen LogP contribution in [0.15, 0.2) is 58.7 Å². The summed E-state index contributed by atoms with van der Waals surface area (Å²) < 4.78 is 28.1. The lowest BCUT2D eigenvalue weighted by atomic mass is 10.1. The SMILES string of the molecule is Cc1[nH]n(-c2nc(-c3ccc(F)cc3)cs2)c(=O)c1CCC(=O)Nc1ccccc1F. The first-order chi connectivity index (χ1) is 14.9. The molecule has 0 aliphatic heterocycles. The predicted molar refractivity (Wildman–Crippen MR) is 116 cm³/mol. The molecule has 0 unspecified atom stereocenters. The third-order valence-corrected chi connectivity index (χ3v) is 5.59. The molecule has 0 atom stereocenters. The summed E-state index contributed by atoms with van der Waals surface area (Å²) in [7, 11) is 0. The molecule has 0 aliphatic carbocycles. The van der Waals surface area contributed by atoms with Crippen molar-refractivity contribution in [1.82, 2.24) is 14.8 Å². The molecule has 0 spiro atoms. The second kappa shape index (κ2) is 8.65. The van der Waals surface area contributed by atoms with E-state index >= 15 is 0 Å². The minimum Gasteiger partial charge on any atom is -0.324 e. The number of anilines is 1. The van der Waals surface area contributed by atoms with E-state index in [2.05, 4.69) is 15.4 Å². The van der Waals surface area contributed by atoms with Crippen molar-refractivity contribution in [3.63, 3.8) is 0 Å². The van der Waals surface area contributed by atoms with E-state index in [1.807, 2.05) is 0 Å². The van der Waals surface area contributed by atoms with Crippen molar-refractivity contribution in [2.75, 3.05) is 5.32 Å². The number of benzene rings is 2. The van der Waals surface area contributed by atoms with Crippen LogP contribution in [0.1, 0.15) is 17.7 Å². The van der Waals surface area contributed by atoms with E-state index in [4.69, 9.17) is 0 Å². The van der Waals surface area contributed by atoms with E-state index in [0.29, 0.717) is 22.1 Å². The summed E-state index contributed by atoms with van der Waals surface area (Å²) in [6.07, 6.45) is 0.228. The zero-order chi connectivity index (χ0) is 22.0. The van der Waals surface area contributed by atoms with Gasteiger partial charge in [-0.05, 0) is 49.7 Å². The van der Waals surface area contributed by atoms with Gasteiger partial charge in [0.1, 0.15) is 11.6 Å². The highest BCUT2D eigenvalue weighted by atomic mass is 32.1. The van der Waals surface area contributed by atoms with Gasteiger partial charge in [-0.2, -0.15) is 4.68 Å². The molecule has 0 aliphatic rings. The number of aryl methyl sites for hydroxylation is 1. The number of aromatic amines is 1. The summed E-state index contributed by atoms with van der Waals surface area (Å²) >= 11 is 1.27. The Bertz CT molecular complexity index is 1290. The maximum absolute atomic E-state index is 13.7. The first kappa shape index (κ1) is 20.7. The van der Waals surface area contributed by atoms with Gasteiger partial charge in [-0.3, -0.25) is 14.7 Å². The van der Waals surface area contributed by atoms with Crippen molar-refractivity contribution < 1.29 is 13.6 Å². The molecule has 0 saturated carbocycles. The lowest BCUT2D eigenvalue weighted by Gasteiger charge is -2.05. The fourth-order valence-electron chi connectivity index (χ4n) is 3.14. The van der Waals surface area contributed by atoms with E-state index in [9.17, 15) is 18.4 Å². The van der Waals surface area contributed by atoms with Crippen LogP contribution < -0.4 is 10.9 Å². The van der Waals surface area contributed by atoms with Crippen molar-refractivity contribution in [2.24, 2.45) is 0 Å². The van der Waals surface area contributed by atoms with Crippen molar-refractivity contribution >= 4 is 22.9 Å². The second-order valence-corrected chi connectivity index (χ2v) is 7.74. The average Bonchev–Trinajstić information content (AvgIpc) is 3.34. The van der Waals surface area contributed by atoms with Gasteiger partial charge in [0.25, 0.3) is 5.56 Å². The number of H-pyrrole nitrogens is 1. The summed E-state index contributed by atoms with van der Waals surface area (Å²) in [5.41, 5.74) is 2.27. The van der Waals surface area contributed by atoms with E-state index in [1.54, 1.807) is 30.5 Å². The number of hydrogen-bond donors (Lipinski definition) is 2. The van der Waals surface area contributed by atoms with Gasteiger partial charge in [-0.25, -0.2) is 13.8 Å². The number of rotatable bonds is 6. The number of nitrogens with zero attached hydrogens (tertiary/aromatic N) is 2. The predicted octanol–water partition coefficient (Wildman–Crippen LogP) is 4.45. The number of nitrogens with one attached hydrogen (secondary N) is 2. The van der Waals surface area contributed by atoms with E-state index < -0.39 is 5.82 Å². The molecule has 1 amide bonds. The largest absolute Gasteiger partial charge is 0.324 e. The van der Waals surface area contributed by atoms with E-state index in [1.165, 1.54) is 46.4 Å². The fraction of sp³-hybridized carbons (Fsp3) is 0.136. The standard InChI is InChI=1S/C22H18F2N4O2S/c1-13-16(10-11-20(29)25-18-5-3-2-4-17(18)24)21(30)28(27-13)22-26-19(12-31-22)14-6-8-15(23)9-7-14/h2-9,12,27H,10-11H2,1H3,(H,25,29). The highest BCUT2D eigenvalue weighted by molar-refractivity contribution is 7.12. The summed E-state index contributed by atoms with van der Waals surface area (Å²) in [5.74, 6) is -1.24. The van der Waals surface area contributed by atoms with Crippen LogP contribution in [0.5, 0.6) is 0 Å². The molecule has 4 rings (SSSR count). The van der Waals surface area contributed by atoms with Crippen LogP contribution in [0, 0.1) is 18.6 Å². The molecule has 2 aromatic carbocycles. The maximum atomic E-state index is 13.7. The highest BCUT2D eigenvalue weighted by Gasteiger charge is 2.17. The van der Waals surface area contributed by atoms with Crippen molar-refractivity contribution in [3.05, 3.63) is 87.2 Å². The molecule has 6 nitrogen and oxygen atoms in total. The Morgan fingerprint density at radius 2 is 1.90 bits per heavy atom. The Kier molecular flexibility index (Phi) is 5.77. The lowest BCUT2D eigenvalue weighted by molar-refractivity contribution is -0.116. The minimum absolute atomic E-state index is 0.0287. The molecule has 2 heterocycles. The maximum Gasteiger partial charge on any atom is 0.276 e. The van der Waals surface area contributed by atoms with E-state index in [-0.39, 0.29) is 35.8 Å². The molecular weight excluding hydrogens is 422 g/mol. The molecule has 2 aromatic heterocycles. The Morgan fingerprint density at radius 3 is 2.65 bits per heavy atom. The monoisotopic (exact) mass is 440 g/mol. The molecule has 158 valence electrons. The van der Waals surface area contributed by atoms with Gasteiger partial charge in [0, 0.05) is 28.6 Å². The van der Waals surface area contributed by atoms with Crippen LogP contribution in [-0.4, -0.2) is 20.7 Å². The topological polar surface area (TPSA) is 79.8 Å². The molecule has 0 bridgehead atoms. The second-order valence-electron chi connectivity index (χ2n) is 6.91. The first-order valence-corrected chi connectivity index (χ1v) is 10.4. The minimum atomic E-state index is -0.517. The van der Waals surface area contributed by atoms with Crippen LogP contribution in [-0.2, 0) is 11.2 Å². The van der Waals surface area contributed by atoms with Crippen LogP contribution >= 0.6 is 11.3 Å². The molecule has 0 saturated heterocycles. The Morgan fingerprint density at radius 1 is 1.16 bits per heavy atom. The summed E-state index contributed by atoms with van der Waals surface area (Å²) in [6.45, 7) is 1.75.